The zero-order valence-electron chi connectivity index (χ0n) is 10.8. The molecular formula is C14H14FN3O2. The Morgan fingerprint density at radius 3 is 2.75 bits per heavy atom. The van der Waals surface area contributed by atoms with Crippen LogP contribution >= 0.6 is 0 Å². The molecule has 0 atom stereocenters. The van der Waals surface area contributed by atoms with Gasteiger partial charge in [0.1, 0.15) is 5.82 Å². The van der Waals surface area contributed by atoms with Crippen LogP contribution in [0.2, 0.25) is 0 Å². The number of nitrogens with zero attached hydrogens (tertiary/aromatic N) is 2. The van der Waals surface area contributed by atoms with Crippen molar-refractivity contribution >= 4 is 5.91 Å². The van der Waals surface area contributed by atoms with Gasteiger partial charge in [0.25, 0.3) is 0 Å². The Kier molecular flexibility index (Phi) is 3.45. The van der Waals surface area contributed by atoms with Gasteiger partial charge in [0.15, 0.2) is 0 Å². The maximum absolute atomic E-state index is 12.8. The molecule has 20 heavy (non-hydrogen) atoms. The van der Waals surface area contributed by atoms with Gasteiger partial charge in [0.2, 0.25) is 17.7 Å². The third-order valence-corrected chi connectivity index (χ3v) is 3.07. The number of aromatic nitrogens is 2. The first-order valence-corrected chi connectivity index (χ1v) is 6.58. The van der Waals surface area contributed by atoms with Crippen molar-refractivity contribution in [1.82, 2.24) is 15.5 Å². The number of carbonyl (C=O) groups is 1. The van der Waals surface area contributed by atoms with Gasteiger partial charge < -0.3 is 9.73 Å². The van der Waals surface area contributed by atoms with E-state index in [0.29, 0.717) is 36.2 Å². The lowest BCUT2D eigenvalue weighted by atomic mass is 10.2. The zero-order chi connectivity index (χ0) is 13.9. The third kappa shape index (κ3) is 3.20. The van der Waals surface area contributed by atoms with Crippen LogP contribution in [0.15, 0.2) is 28.7 Å². The average Bonchev–Trinajstić information content (AvgIpc) is 3.12. The van der Waals surface area contributed by atoms with Gasteiger partial charge in [-0.05, 0) is 37.1 Å². The highest BCUT2D eigenvalue weighted by Crippen LogP contribution is 2.20. The number of halogens is 1. The van der Waals surface area contributed by atoms with E-state index in [4.69, 9.17) is 4.42 Å². The Morgan fingerprint density at radius 2 is 2.05 bits per heavy atom. The molecule has 0 unspecified atom stereocenters. The Morgan fingerprint density at radius 1 is 1.30 bits per heavy atom. The molecule has 1 N–H and O–H groups in total. The van der Waals surface area contributed by atoms with Crippen LogP contribution in [0.5, 0.6) is 0 Å². The van der Waals surface area contributed by atoms with Crippen molar-refractivity contribution in [3.8, 4) is 11.5 Å². The normalized spacial score (nSPS) is 14.2. The molecule has 1 aromatic heterocycles. The molecule has 104 valence electrons. The average molecular weight is 275 g/mol. The molecule has 1 heterocycles. The summed E-state index contributed by atoms with van der Waals surface area (Å²) in [5, 5.41) is 10.7. The number of carbonyl (C=O) groups excluding carboxylic acids is 1. The number of benzene rings is 1. The number of hydrogen-bond donors (Lipinski definition) is 1. The molecule has 0 saturated heterocycles. The molecule has 1 saturated carbocycles. The Balaban J connectivity index is 1.58. The lowest BCUT2D eigenvalue weighted by molar-refractivity contribution is -0.121. The summed E-state index contributed by atoms with van der Waals surface area (Å²) in [6.45, 7) is 0. The highest BCUT2D eigenvalue weighted by Gasteiger charge is 2.23. The SMILES string of the molecule is O=C(CCc1nnc(-c2ccc(F)cc2)o1)NC1CC1. The minimum Gasteiger partial charge on any atom is -0.421 e. The van der Waals surface area contributed by atoms with Crippen molar-refractivity contribution in [1.29, 1.82) is 0 Å². The van der Waals surface area contributed by atoms with Gasteiger partial charge in [-0.2, -0.15) is 0 Å². The Labute approximate surface area is 115 Å². The molecule has 0 spiro atoms. The van der Waals surface area contributed by atoms with Crippen molar-refractivity contribution in [2.24, 2.45) is 0 Å². The fourth-order valence-electron chi connectivity index (χ4n) is 1.81. The number of amides is 1. The van der Waals surface area contributed by atoms with E-state index in [1.807, 2.05) is 0 Å². The van der Waals surface area contributed by atoms with Crippen LogP contribution in [0.25, 0.3) is 11.5 Å². The lowest BCUT2D eigenvalue weighted by Gasteiger charge is -2.00. The van der Waals surface area contributed by atoms with Gasteiger partial charge in [-0.3, -0.25) is 4.79 Å². The Bertz CT molecular complexity index is 605. The largest absolute Gasteiger partial charge is 0.421 e. The first-order valence-electron chi connectivity index (χ1n) is 6.58. The molecule has 1 amide bonds. The fraction of sp³-hybridized carbons (Fsp3) is 0.357. The maximum atomic E-state index is 12.8. The summed E-state index contributed by atoms with van der Waals surface area (Å²) in [5.41, 5.74) is 0.660. The highest BCUT2D eigenvalue weighted by atomic mass is 19.1. The molecule has 0 bridgehead atoms. The summed E-state index contributed by atoms with van der Waals surface area (Å²) in [5.74, 6) is 0.442. The minimum atomic E-state index is -0.315. The van der Waals surface area contributed by atoms with Crippen LogP contribution in [0.1, 0.15) is 25.2 Å². The number of rotatable bonds is 5. The van der Waals surface area contributed by atoms with E-state index in [1.54, 1.807) is 12.1 Å². The van der Waals surface area contributed by atoms with Crippen LogP contribution in [0.3, 0.4) is 0 Å². The van der Waals surface area contributed by atoms with Crippen molar-refractivity contribution < 1.29 is 13.6 Å². The second kappa shape index (κ2) is 5.40. The molecule has 1 aromatic carbocycles. The Hall–Kier alpha value is -2.24. The smallest absolute Gasteiger partial charge is 0.247 e. The molecule has 0 aliphatic heterocycles. The van der Waals surface area contributed by atoms with E-state index in [0.717, 1.165) is 12.8 Å². The van der Waals surface area contributed by atoms with E-state index in [-0.39, 0.29) is 11.7 Å². The van der Waals surface area contributed by atoms with Gasteiger partial charge in [-0.15, -0.1) is 10.2 Å². The third-order valence-electron chi connectivity index (χ3n) is 3.07. The van der Waals surface area contributed by atoms with Crippen LogP contribution < -0.4 is 5.32 Å². The van der Waals surface area contributed by atoms with E-state index in [1.165, 1.54) is 12.1 Å². The first-order chi connectivity index (χ1) is 9.70. The van der Waals surface area contributed by atoms with Crippen LogP contribution in [0, 0.1) is 5.82 Å². The standard InChI is InChI=1S/C14H14FN3O2/c15-10-3-1-9(2-4-10)14-18-17-13(20-14)8-7-12(19)16-11-5-6-11/h1-4,11H,5-8H2,(H,16,19). The fourth-order valence-corrected chi connectivity index (χ4v) is 1.81. The zero-order valence-corrected chi connectivity index (χ0v) is 10.8. The van der Waals surface area contributed by atoms with Gasteiger partial charge >= 0.3 is 0 Å². The number of nitrogens with one attached hydrogen (secondary N) is 1. The van der Waals surface area contributed by atoms with Crippen molar-refractivity contribution in [2.75, 3.05) is 0 Å². The summed E-state index contributed by atoms with van der Waals surface area (Å²) in [6.07, 6.45) is 2.89. The molecule has 5 nitrogen and oxygen atoms in total. The van der Waals surface area contributed by atoms with Crippen molar-refractivity contribution in [3.05, 3.63) is 36.0 Å². The van der Waals surface area contributed by atoms with Gasteiger partial charge in [-0.25, -0.2) is 4.39 Å². The van der Waals surface area contributed by atoms with E-state index < -0.39 is 0 Å². The number of aryl methyl sites for hydroxylation is 1. The summed E-state index contributed by atoms with van der Waals surface area (Å²) < 4.78 is 18.3. The summed E-state index contributed by atoms with van der Waals surface area (Å²) in [7, 11) is 0. The summed E-state index contributed by atoms with van der Waals surface area (Å²) in [6, 6.07) is 6.18. The van der Waals surface area contributed by atoms with Gasteiger partial charge in [0.05, 0.1) is 0 Å². The van der Waals surface area contributed by atoms with Crippen LogP contribution in [0.4, 0.5) is 4.39 Å². The van der Waals surface area contributed by atoms with E-state index >= 15 is 0 Å². The molecule has 1 fully saturated rings. The first kappa shape index (κ1) is 12.8. The number of hydrogen-bond acceptors (Lipinski definition) is 4. The molecule has 3 rings (SSSR count). The topological polar surface area (TPSA) is 68.0 Å². The second-order valence-corrected chi connectivity index (χ2v) is 4.85. The molecule has 2 aromatic rings. The van der Waals surface area contributed by atoms with Gasteiger partial charge in [0, 0.05) is 24.4 Å². The van der Waals surface area contributed by atoms with Crippen molar-refractivity contribution in [3.63, 3.8) is 0 Å². The molecule has 6 heteroatoms. The van der Waals surface area contributed by atoms with Crippen LogP contribution in [-0.2, 0) is 11.2 Å². The second-order valence-electron chi connectivity index (χ2n) is 4.85. The maximum Gasteiger partial charge on any atom is 0.247 e. The molecule has 1 aliphatic carbocycles. The summed E-state index contributed by atoms with van der Waals surface area (Å²) >= 11 is 0. The highest BCUT2D eigenvalue weighted by molar-refractivity contribution is 5.76. The van der Waals surface area contributed by atoms with Crippen molar-refractivity contribution in [2.45, 2.75) is 31.7 Å². The van der Waals surface area contributed by atoms with Crippen LogP contribution in [-0.4, -0.2) is 22.1 Å². The molecular weight excluding hydrogens is 261 g/mol. The monoisotopic (exact) mass is 275 g/mol. The van der Waals surface area contributed by atoms with E-state index in [9.17, 15) is 9.18 Å². The predicted molar refractivity (Wildman–Crippen MR) is 69.2 cm³/mol. The molecule has 1 aliphatic rings. The minimum absolute atomic E-state index is 0.00836. The van der Waals surface area contributed by atoms with E-state index in [2.05, 4.69) is 15.5 Å². The quantitative estimate of drug-likeness (QED) is 0.907. The molecule has 0 radical (unpaired) electrons. The lowest BCUT2D eigenvalue weighted by Crippen LogP contribution is -2.25. The summed E-state index contributed by atoms with van der Waals surface area (Å²) in [4.78, 5) is 11.5. The predicted octanol–water partition coefficient (Wildman–Crippen LogP) is 2.09. The van der Waals surface area contributed by atoms with Gasteiger partial charge in [-0.1, -0.05) is 0 Å².